The van der Waals surface area contributed by atoms with Gasteiger partial charge in [-0.2, -0.15) is 0 Å². The molecule has 2 N–H and O–H groups in total. The Bertz CT molecular complexity index is 881. The number of nitrogens with one attached hydrogen (secondary N) is 2. The van der Waals surface area contributed by atoms with Crippen molar-refractivity contribution >= 4 is 40.1 Å². The van der Waals surface area contributed by atoms with E-state index in [1.165, 1.54) is 41.6 Å². The van der Waals surface area contributed by atoms with Crippen LogP contribution < -0.4 is 10.6 Å². The molecular formula is C19H18FN3O2S. The molecule has 0 unspecified atom stereocenters. The van der Waals surface area contributed by atoms with E-state index in [9.17, 15) is 14.0 Å². The molecule has 0 bridgehead atoms. The summed E-state index contributed by atoms with van der Waals surface area (Å²) in [7, 11) is 0. The van der Waals surface area contributed by atoms with Gasteiger partial charge in [0, 0.05) is 12.1 Å². The summed E-state index contributed by atoms with van der Waals surface area (Å²) in [4.78, 5) is 28.6. The second kappa shape index (κ2) is 7.70. The molecule has 0 spiro atoms. The van der Waals surface area contributed by atoms with Crippen molar-refractivity contribution in [1.82, 2.24) is 5.32 Å². The van der Waals surface area contributed by atoms with Gasteiger partial charge in [-0.1, -0.05) is 17.8 Å². The maximum absolute atomic E-state index is 12.9. The molecule has 26 heavy (non-hydrogen) atoms. The minimum Gasteiger partial charge on any atom is -0.326 e. The third-order valence-corrected chi connectivity index (χ3v) is 5.08. The fourth-order valence-electron chi connectivity index (χ4n) is 2.42. The van der Waals surface area contributed by atoms with Crippen LogP contribution in [0.25, 0.3) is 0 Å². The van der Waals surface area contributed by atoms with Crippen LogP contribution in [0.2, 0.25) is 0 Å². The van der Waals surface area contributed by atoms with Gasteiger partial charge in [0.15, 0.2) is 5.17 Å². The number of carbonyl (C=O) groups excluding carboxylic acids is 2. The number of benzene rings is 2. The quantitative estimate of drug-likeness (QED) is 0.861. The molecule has 1 heterocycles. The number of amides is 2. The lowest BCUT2D eigenvalue weighted by molar-refractivity contribution is -0.122. The van der Waals surface area contributed by atoms with E-state index in [-0.39, 0.29) is 24.1 Å². The fraction of sp³-hybridized carbons (Fsp3) is 0.211. The van der Waals surface area contributed by atoms with Crippen molar-refractivity contribution in [3.63, 3.8) is 0 Å². The topological polar surface area (TPSA) is 70.6 Å². The number of nitrogens with zero attached hydrogens (tertiary/aromatic N) is 1. The van der Waals surface area contributed by atoms with Gasteiger partial charge in [-0.05, 0) is 61.4 Å². The molecule has 2 amide bonds. The van der Waals surface area contributed by atoms with Gasteiger partial charge < -0.3 is 10.6 Å². The maximum Gasteiger partial charge on any atom is 0.240 e. The molecule has 1 aliphatic rings. The maximum atomic E-state index is 12.9. The minimum atomic E-state index is -0.541. The highest BCUT2D eigenvalue weighted by molar-refractivity contribution is 8.15. The Morgan fingerprint density at radius 3 is 2.62 bits per heavy atom. The zero-order valence-electron chi connectivity index (χ0n) is 14.4. The van der Waals surface area contributed by atoms with E-state index in [4.69, 9.17) is 0 Å². The van der Waals surface area contributed by atoms with Crippen molar-refractivity contribution in [2.75, 3.05) is 5.32 Å². The molecule has 1 aliphatic heterocycles. The number of carbonyl (C=O) groups is 2. The van der Waals surface area contributed by atoms with E-state index in [1.54, 1.807) is 0 Å². The number of thioether (sulfide) groups is 1. The molecule has 2 aromatic carbocycles. The number of anilines is 1. The van der Waals surface area contributed by atoms with E-state index in [2.05, 4.69) is 15.6 Å². The lowest BCUT2D eigenvalue weighted by Crippen LogP contribution is -2.28. The van der Waals surface area contributed by atoms with Gasteiger partial charge in [-0.3, -0.25) is 9.59 Å². The molecule has 3 rings (SSSR count). The van der Waals surface area contributed by atoms with Gasteiger partial charge in [0.1, 0.15) is 11.1 Å². The summed E-state index contributed by atoms with van der Waals surface area (Å²) in [6, 6.07) is 11.3. The molecule has 1 fully saturated rings. The Morgan fingerprint density at radius 2 is 1.92 bits per heavy atom. The summed E-state index contributed by atoms with van der Waals surface area (Å²) in [6.45, 7) is 4.02. The van der Waals surface area contributed by atoms with Crippen LogP contribution in [0.1, 0.15) is 17.5 Å². The molecule has 0 radical (unpaired) electrons. The SMILES string of the molecule is Cc1ccc(N=C2NC(=O)[C@H](CC(=O)Nc3ccc(F)cc3)S2)cc1C. The molecule has 2 aromatic rings. The summed E-state index contributed by atoms with van der Waals surface area (Å²) in [5, 5.41) is 5.31. The lowest BCUT2D eigenvalue weighted by atomic mass is 10.1. The molecular weight excluding hydrogens is 353 g/mol. The van der Waals surface area contributed by atoms with E-state index in [0.717, 1.165) is 11.3 Å². The van der Waals surface area contributed by atoms with E-state index in [0.29, 0.717) is 10.9 Å². The van der Waals surface area contributed by atoms with Crippen molar-refractivity contribution < 1.29 is 14.0 Å². The van der Waals surface area contributed by atoms with Crippen molar-refractivity contribution in [2.24, 2.45) is 4.99 Å². The van der Waals surface area contributed by atoms with Crippen molar-refractivity contribution in [3.8, 4) is 0 Å². The highest BCUT2D eigenvalue weighted by atomic mass is 32.2. The standard InChI is InChI=1S/C19H18FN3O2S/c1-11-3-6-15(9-12(11)2)22-19-23-18(25)16(26-19)10-17(24)21-14-7-4-13(20)5-8-14/h3-9,16H,10H2,1-2H3,(H,21,24)(H,22,23,25)/t16-/m0/s1. The fourth-order valence-corrected chi connectivity index (χ4v) is 3.41. The van der Waals surface area contributed by atoms with Crippen molar-refractivity contribution in [2.45, 2.75) is 25.5 Å². The molecule has 134 valence electrons. The van der Waals surface area contributed by atoms with Crippen LogP contribution >= 0.6 is 11.8 Å². The van der Waals surface area contributed by atoms with Gasteiger partial charge in [0.25, 0.3) is 0 Å². The second-order valence-electron chi connectivity index (χ2n) is 6.04. The normalized spacial score (nSPS) is 18.0. The number of aryl methyl sites for hydroxylation is 2. The highest BCUT2D eigenvalue weighted by Crippen LogP contribution is 2.26. The van der Waals surface area contributed by atoms with E-state index < -0.39 is 5.25 Å². The minimum absolute atomic E-state index is 0.0137. The zero-order chi connectivity index (χ0) is 18.7. The number of aliphatic imine (C=N–C) groups is 1. The first-order chi connectivity index (χ1) is 12.4. The average molecular weight is 371 g/mol. The first kappa shape index (κ1) is 18.1. The molecule has 1 saturated heterocycles. The second-order valence-corrected chi connectivity index (χ2v) is 7.23. The molecule has 5 nitrogen and oxygen atoms in total. The third-order valence-electron chi connectivity index (χ3n) is 4.00. The van der Waals surface area contributed by atoms with Crippen LogP contribution in [0.5, 0.6) is 0 Å². The zero-order valence-corrected chi connectivity index (χ0v) is 15.2. The number of rotatable bonds is 4. The van der Waals surface area contributed by atoms with E-state index >= 15 is 0 Å². The van der Waals surface area contributed by atoms with Crippen LogP contribution in [0.4, 0.5) is 15.8 Å². The largest absolute Gasteiger partial charge is 0.326 e. The van der Waals surface area contributed by atoms with Gasteiger partial charge in [0.2, 0.25) is 11.8 Å². The summed E-state index contributed by atoms with van der Waals surface area (Å²) >= 11 is 1.23. The van der Waals surface area contributed by atoms with Gasteiger partial charge in [-0.15, -0.1) is 0 Å². The number of halogens is 1. The summed E-state index contributed by atoms with van der Waals surface area (Å²) in [5.41, 5.74) is 3.54. The first-order valence-electron chi connectivity index (χ1n) is 8.09. The van der Waals surface area contributed by atoms with Crippen LogP contribution in [-0.4, -0.2) is 22.2 Å². The molecule has 0 saturated carbocycles. The Balaban J connectivity index is 1.62. The lowest BCUT2D eigenvalue weighted by Gasteiger charge is -2.07. The van der Waals surface area contributed by atoms with Crippen LogP contribution in [0, 0.1) is 19.7 Å². The number of hydrogen-bond donors (Lipinski definition) is 2. The van der Waals surface area contributed by atoms with Gasteiger partial charge in [0.05, 0.1) is 5.69 Å². The number of hydrogen-bond acceptors (Lipinski definition) is 4. The van der Waals surface area contributed by atoms with Gasteiger partial charge in [-0.25, -0.2) is 9.38 Å². The van der Waals surface area contributed by atoms with Gasteiger partial charge >= 0.3 is 0 Å². The monoisotopic (exact) mass is 371 g/mol. The van der Waals surface area contributed by atoms with Crippen LogP contribution in [0.15, 0.2) is 47.5 Å². The number of amidine groups is 1. The Hall–Kier alpha value is -2.67. The smallest absolute Gasteiger partial charge is 0.240 e. The molecule has 0 aromatic heterocycles. The predicted octanol–water partition coefficient (Wildman–Crippen LogP) is 3.69. The third kappa shape index (κ3) is 4.49. The summed E-state index contributed by atoms with van der Waals surface area (Å²) in [5.74, 6) is -0.926. The summed E-state index contributed by atoms with van der Waals surface area (Å²) in [6.07, 6.45) is 0.0137. The van der Waals surface area contributed by atoms with E-state index in [1.807, 2.05) is 32.0 Å². The predicted molar refractivity (Wildman–Crippen MR) is 102 cm³/mol. The molecule has 0 aliphatic carbocycles. The first-order valence-corrected chi connectivity index (χ1v) is 8.97. The Kier molecular flexibility index (Phi) is 5.37. The molecule has 7 heteroatoms. The summed E-state index contributed by atoms with van der Waals surface area (Å²) < 4.78 is 12.9. The molecule has 1 atom stereocenters. The Labute approximate surface area is 155 Å². The van der Waals surface area contributed by atoms with Crippen molar-refractivity contribution in [3.05, 3.63) is 59.4 Å². The van der Waals surface area contributed by atoms with Crippen LogP contribution in [0.3, 0.4) is 0 Å². The van der Waals surface area contributed by atoms with Crippen LogP contribution in [-0.2, 0) is 9.59 Å². The highest BCUT2D eigenvalue weighted by Gasteiger charge is 2.32. The Morgan fingerprint density at radius 1 is 1.19 bits per heavy atom. The van der Waals surface area contributed by atoms with Crippen molar-refractivity contribution in [1.29, 1.82) is 0 Å². The average Bonchev–Trinajstić information content (AvgIpc) is 2.92.